The number of fused-ring (bicyclic) bond motifs is 3. The average Bonchev–Trinajstić information content (AvgIpc) is 3.55. The number of anilines is 2. The molecule has 0 radical (unpaired) electrons. The van der Waals surface area contributed by atoms with Gasteiger partial charge in [0.1, 0.15) is 17.9 Å². The van der Waals surface area contributed by atoms with Gasteiger partial charge in [0, 0.05) is 43.9 Å². The normalized spacial score (nSPS) is 16.6. The van der Waals surface area contributed by atoms with Crippen molar-refractivity contribution < 1.29 is 23.8 Å². The first-order valence-corrected chi connectivity index (χ1v) is 11.0. The lowest BCUT2D eigenvalue weighted by molar-refractivity contribution is 0.200. The maximum Gasteiger partial charge on any atom is 0.413 e. The predicted octanol–water partition coefficient (Wildman–Crippen LogP) is 2.89. The lowest BCUT2D eigenvalue weighted by atomic mass is 9.95. The number of hydrogen-bond acceptors (Lipinski definition) is 7. The van der Waals surface area contributed by atoms with Crippen LogP contribution in [0, 0.1) is 5.82 Å². The molecule has 0 aliphatic carbocycles. The molecule has 11 nitrogen and oxygen atoms in total. The molecule has 1 atom stereocenters. The van der Waals surface area contributed by atoms with Gasteiger partial charge in [-0.15, -0.1) is 10.2 Å². The van der Waals surface area contributed by atoms with E-state index in [-0.39, 0.29) is 30.5 Å². The molecule has 0 bridgehead atoms. The van der Waals surface area contributed by atoms with Crippen molar-refractivity contribution in [1.82, 2.24) is 24.4 Å². The summed E-state index contributed by atoms with van der Waals surface area (Å²) in [6.45, 7) is 0.291. The highest BCUT2D eigenvalue weighted by molar-refractivity contribution is 5.90. The first-order valence-electron chi connectivity index (χ1n) is 11.0. The summed E-state index contributed by atoms with van der Waals surface area (Å²) in [5.41, 5.74) is 2.76. The Bertz CT molecular complexity index is 1500. The predicted molar refractivity (Wildman–Crippen MR) is 124 cm³/mol. The molecule has 5 heterocycles. The molecule has 2 aliphatic rings. The van der Waals surface area contributed by atoms with Crippen LogP contribution in [0.1, 0.15) is 17.0 Å². The van der Waals surface area contributed by atoms with Gasteiger partial charge in [-0.3, -0.25) is 14.0 Å². The van der Waals surface area contributed by atoms with E-state index in [2.05, 4.69) is 15.3 Å². The lowest BCUT2D eigenvalue weighted by Gasteiger charge is -2.23. The Morgan fingerprint density at radius 2 is 1.97 bits per heavy atom. The Kier molecular flexibility index (Phi) is 4.59. The number of carboxylic acid groups (broad SMARTS) is 1. The molecule has 35 heavy (non-hydrogen) atoms. The van der Waals surface area contributed by atoms with Crippen LogP contribution >= 0.6 is 0 Å². The van der Waals surface area contributed by atoms with Crippen LogP contribution in [0.5, 0.6) is 11.5 Å². The zero-order valence-corrected chi connectivity index (χ0v) is 19.3. The van der Waals surface area contributed by atoms with Crippen molar-refractivity contribution in [3.05, 3.63) is 47.5 Å². The third-order valence-electron chi connectivity index (χ3n) is 6.46. The van der Waals surface area contributed by atoms with Crippen molar-refractivity contribution >= 4 is 23.4 Å². The summed E-state index contributed by atoms with van der Waals surface area (Å²) in [7, 11) is 5.61. The maximum absolute atomic E-state index is 15.0. The quantitative estimate of drug-likeness (QED) is 0.467. The van der Waals surface area contributed by atoms with Crippen LogP contribution < -0.4 is 19.3 Å². The highest BCUT2D eigenvalue weighted by Crippen LogP contribution is 2.43. The maximum atomic E-state index is 15.0. The second-order valence-corrected chi connectivity index (χ2v) is 8.80. The van der Waals surface area contributed by atoms with Crippen molar-refractivity contribution in [1.29, 1.82) is 0 Å². The molecule has 0 saturated carbocycles. The molecule has 3 aromatic heterocycles. The number of nitrogens with zero attached hydrogens (tertiary/aromatic N) is 7. The highest BCUT2D eigenvalue weighted by Gasteiger charge is 2.35. The van der Waals surface area contributed by atoms with Crippen molar-refractivity contribution in [2.75, 3.05) is 37.1 Å². The average molecular weight is 479 g/mol. The fraction of sp³-hybridized carbons (Fsp3) is 0.304. The largest absolute Gasteiger partial charge is 0.493 e. The van der Waals surface area contributed by atoms with E-state index in [1.165, 1.54) is 12.4 Å². The molecule has 1 aromatic carbocycles. The Balaban J connectivity index is 1.59. The highest BCUT2D eigenvalue weighted by atomic mass is 19.1. The molecule has 4 aromatic rings. The SMILES string of the molecule is CN(C)c1cc(-c2cc3c(n4cnnc24)N(C(=O)O)Cc2c(F)ccc4c2[C@@H](CO4)CO3)n(C)n1. The second kappa shape index (κ2) is 7.58. The number of aryl methyl sites for hydroxylation is 1. The lowest BCUT2D eigenvalue weighted by Crippen LogP contribution is -2.31. The molecule has 0 fully saturated rings. The third kappa shape index (κ3) is 3.16. The van der Waals surface area contributed by atoms with E-state index in [1.807, 2.05) is 32.1 Å². The van der Waals surface area contributed by atoms with Crippen LogP contribution in [0.15, 0.2) is 30.6 Å². The summed E-state index contributed by atoms with van der Waals surface area (Å²) in [4.78, 5) is 15.4. The smallest absolute Gasteiger partial charge is 0.413 e. The second-order valence-electron chi connectivity index (χ2n) is 8.80. The number of hydrogen-bond donors (Lipinski definition) is 1. The van der Waals surface area contributed by atoms with Crippen molar-refractivity contribution in [3.63, 3.8) is 0 Å². The van der Waals surface area contributed by atoms with Crippen LogP contribution in [-0.4, -0.2) is 62.9 Å². The van der Waals surface area contributed by atoms with Crippen LogP contribution in [-0.2, 0) is 13.6 Å². The van der Waals surface area contributed by atoms with Crippen LogP contribution in [0.3, 0.4) is 0 Å². The summed E-state index contributed by atoms with van der Waals surface area (Å²) in [5.74, 6) is 1.08. The van der Waals surface area contributed by atoms with Gasteiger partial charge in [0.25, 0.3) is 0 Å². The molecule has 0 saturated heterocycles. The van der Waals surface area contributed by atoms with E-state index < -0.39 is 11.9 Å². The number of ether oxygens (including phenoxy) is 2. The standard InChI is InChI=1S/C23H22FN7O4/c1-28(2)19-7-16(29(3)27-19)13-6-18-22(31-11-25-26-21(13)31)30(23(32)33)8-14-15(24)4-5-17-20(14)12(9-34-17)10-35-18/h4-7,11-12H,8-10H2,1-3H3,(H,32,33)/t12-/m0/s1. The number of amides is 1. The van der Waals surface area contributed by atoms with Crippen molar-refractivity contribution in [3.8, 4) is 22.8 Å². The van der Waals surface area contributed by atoms with E-state index in [0.29, 0.717) is 34.9 Å². The van der Waals surface area contributed by atoms with E-state index in [9.17, 15) is 9.90 Å². The van der Waals surface area contributed by atoms with Crippen molar-refractivity contribution in [2.24, 2.45) is 7.05 Å². The molecule has 1 N–H and O–H groups in total. The fourth-order valence-electron chi connectivity index (χ4n) is 4.77. The Hall–Kier alpha value is -4.35. The summed E-state index contributed by atoms with van der Waals surface area (Å²) < 4.78 is 30.3. The molecule has 2 aliphatic heterocycles. The number of halogens is 1. The Labute approximate surface area is 198 Å². The summed E-state index contributed by atoms with van der Waals surface area (Å²) in [5, 5.41) is 23.0. The zero-order chi connectivity index (χ0) is 24.4. The molecule has 12 heteroatoms. The third-order valence-corrected chi connectivity index (χ3v) is 6.46. The molecule has 180 valence electrons. The van der Waals surface area contributed by atoms with E-state index in [1.54, 1.807) is 21.2 Å². The van der Waals surface area contributed by atoms with Gasteiger partial charge in [0.2, 0.25) is 0 Å². The van der Waals surface area contributed by atoms with Gasteiger partial charge in [-0.05, 0) is 18.2 Å². The molecule has 0 unspecified atom stereocenters. The molecule has 6 rings (SSSR count). The van der Waals surface area contributed by atoms with E-state index in [4.69, 9.17) is 9.47 Å². The van der Waals surface area contributed by atoms with Gasteiger partial charge in [-0.25, -0.2) is 9.18 Å². The molecule has 1 amide bonds. The molecular weight excluding hydrogens is 457 g/mol. The van der Waals surface area contributed by atoms with Crippen LogP contribution in [0.25, 0.3) is 16.9 Å². The molecule has 0 spiro atoms. The van der Waals surface area contributed by atoms with Gasteiger partial charge < -0.3 is 19.5 Å². The van der Waals surface area contributed by atoms with Crippen LogP contribution in [0.2, 0.25) is 0 Å². The van der Waals surface area contributed by atoms with E-state index >= 15 is 4.39 Å². The Morgan fingerprint density at radius 3 is 2.69 bits per heavy atom. The summed E-state index contributed by atoms with van der Waals surface area (Å²) in [6.07, 6.45) is 0.167. The monoisotopic (exact) mass is 479 g/mol. The first-order chi connectivity index (χ1) is 16.8. The van der Waals surface area contributed by atoms with Crippen molar-refractivity contribution in [2.45, 2.75) is 12.5 Å². The Morgan fingerprint density at radius 1 is 1.20 bits per heavy atom. The topological polar surface area (TPSA) is 110 Å². The molecular formula is C23H22FN7O4. The number of aromatic nitrogens is 5. The van der Waals surface area contributed by atoms with Gasteiger partial charge in [-0.2, -0.15) is 5.10 Å². The minimum atomic E-state index is -1.26. The van der Waals surface area contributed by atoms with Crippen LogP contribution in [0.4, 0.5) is 20.8 Å². The number of pyridine rings is 1. The van der Waals surface area contributed by atoms with E-state index in [0.717, 1.165) is 16.4 Å². The number of carbonyl (C=O) groups is 1. The van der Waals surface area contributed by atoms with Gasteiger partial charge >= 0.3 is 6.09 Å². The minimum Gasteiger partial charge on any atom is -0.493 e. The fourth-order valence-corrected chi connectivity index (χ4v) is 4.77. The van der Waals surface area contributed by atoms with Gasteiger partial charge in [0.05, 0.1) is 31.4 Å². The minimum absolute atomic E-state index is 0.186. The zero-order valence-electron chi connectivity index (χ0n) is 19.3. The number of benzene rings is 1. The number of rotatable bonds is 2. The summed E-state index contributed by atoms with van der Waals surface area (Å²) in [6, 6.07) is 6.53. The van der Waals surface area contributed by atoms with Gasteiger partial charge in [0.15, 0.2) is 23.0 Å². The first kappa shape index (κ1) is 21.2. The summed E-state index contributed by atoms with van der Waals surface area (Å²) >= 11 is 0. The van der Waals surface area contributed by atoms with Gasteiger partial charge in [-0.1, -0.05) is 0 Å².